The van der Waals surface area contributed by atoms with Gasteiger partial charge in [0.25, 0.3) is 0 Å². The predicted molar refractivity (Wildman–Crippen MR) is 66.1 cm³/mol. The van der Waals surface area contributed by atoms with Gasteiger partial charge in [-0.25, -0.2) is 4.98 Å². The Labute approximate surface area is 102 Å². The first-order chi connectivity index (χ1) is 7.54. The van der Waals surface area contributed by atoms with E-state index >= 15 is 0 Å². The molecule has 3 nitrogen and oxygen atoms in total. The van der Waals surface area contributed by atoms with Gasteiger partial charge in [-0.15, -0.1) is 0 Å². The molecule has 0 atom stereocenters. The van der Waals surface area contributed by atoms with E-state index in [1.165, 1.54) is 0 Å². The van der Waals surface area contributed by atoms with Crippen molar-refractivity contribution >= 4 is 11.6 Å². The highest BCUT2D eigenvalue weighted by atomic mass is 35.5. The molecule has 0 saturated carbocycles. The monoisotopic (exact) mass is 242 g/mol. The number of ether oxygens (including phenoxy) is 1. The highest BCUT2D eigenvalue weighted by Crippen LogP contribution is 2.22. The van der Waals surface area contributed by atoms with Crippen LogP contribution in [0.25, 0.3) is 0 Å². The molecule has 4 heteroatoms. The minimum Gasteiger partial charge on any atom is -0.477 e. The summed E-state index contributed by atoms with van der Waals surface area (Å²) >= 11 is 6.04. The van der Waals surface area contributed by atoms with Crippen LogP contribution in [0.15, 0.2) is 0 Å². The summed E-state index contributed by atoms with van der Waals surface area (Å²) in [5, 5.41) is 0.497. The highest BCUT2D eigenvalue weighted by molar-refractivity contribution is 6.30. The summed E-state index contributed by atoms with van der Waals surface area (Å²) in [5.74, 6) is 1.86. The first-order valence-electron chi connectivity index (χ1n) is 5.70. The van der Waals surface area contributed by atoms with Gasteiger partial charge in [0.15, 0.2) is 0 Å². The lowest BCUT2D eigenvalue weighted by molar-refractivity contribution is 0.258. The second kappa shape index (κ2) is 6.04. The Morgan fingerprint density at radius 1 is 1.31 bits per heavy atom. The van der Waals surface area contributed by atoms with Crippen molar-refractivity contribution in [3.05, 3.63) is 16.5 Å². The summed E-state index contributed by atoms with van der Waals surface area (Å²) < 4.78 is 5.63. The minimum absolute atomic E-state index is 0.475. The number of aryl methyl sites for hydroxylation is 1. The molecule has 0 fully saturated rings. The van der Waals surface area contributed by atoms with E-state index in [0.717, 1.165) is 24.2 Å². The average Bonchev–Trinajstić information content (AvgIpc) is 2.21. The summed E-state index contributed by atoms with van der Waals surface area (Å²) in [6.45, 7) is 8.83. The molecule has 0 N–H and O–H groups in total. The molecule has 1 aromatic rings. The third-order valence-electron chi connectivity index (χ3n) is 2.12. The molecule has 0 bridgehead atoms. The molecule has 0 spiro atoms. The standard InChI is InChI=1S/C12H19ClN2O/c1-5-6-10-14-11(13)9(4)12(15-10)16-7-8(2)3/h8H,5-7H2,1-4H3. The van der Waals surface area contributed by atoms with Gasteiger partial charge in [-0.3, -0.25) is 0 Å². The Kier molecular flexibility index (Phi) is 5.00. The molecule has 0 unspecified atom stereocenters. The van der Waals surface area contributed by atoms with Crippen LogP contribution in [-0.2, 0) is 6.42 Å². The van der Waals surface area contributed by atoms with Crippen molar-refractivity contribution in [2.24, 2.45) is 5.92 Å². The molecule has 1 aromatic heterocycles. The van der Waals surface area contributed by atoms with Crippen LogP contribution < -0.4 is 4.74 Å². The maximum absolute atomic E-state index is 6.04. The van der Waals surface area contributed by atoms with Crippen LogP contribution in [0.5, 0.6) is 5.88 Å². The summed E-state index contributed by atoms with van der Waals surface area (Å²) in [4.78, 5) is 8.60. The van der Waals surface area contributed by atoms with Gasteiger partial charge >= 0.3 is 0 Å². The molecule has 1 rings (SSSR count). The summed E-state index contributed by atoms with van der Waals surface area (Å²) in [6, 6.07) is 0. The lowest BCUT2D eigenvalue weighted by Crippen LogP contribution is -2.09. The van der Waals surface area contributed by atoms with E-state index in [-0.39, 0.29) is 0 Å². The van der Waals surface area contributed by atoms with Gasteiger partial charge in [0.1, 0.15) is 11.0 Å². The lowest BCUT2D eigenvalue weighted by atomic mass is 10.2. The molecule has 0 saturated heterocycles. The van der Waals surface area contributed by atoms with E-state index in [4.69, 9.17) is 16.3 Å². The first kappa shape index (κ1) is 13.2. The van der Waals surface area contributed by atoms with Crippen molar-refractivity contribution in [1.29, 1.82) is 0 Å². The van der Waals surface area contributed by atoms with Crippen molar-refractivity contribution in [1.82, 2.24) is 9.97 Å². The predicted octanol–water partition coefficient (Wildman–Crippen LogP) is 3.43. The van der Waals surface area contributed by atoms with Crippen LogP contribution in [0.3, 0.4) is 0 Å². The smallest absolute Gasteiger partial charge is 0.221 e. The van der Waals surface area contributed by atoms with Gasteiger partial charge in [0, 0.05) is 12.0 Å². The van der Waals surface area contributed by atoms with Crippen molar-refractivity contribution in [3.8, 4) is 5.88 Å². The third kappa shape index (κ3) is 3.63. The van der Waals surface area contributed by atoms with Crippen molar-refractivity contribution < 1.29 is 4.74 Å². The minimum atomic E-state index is 0.475. The maximum atomic E-state index is 6.04. The number of hydrogen-bond acceptors (Lipinski definition) is 3. The molecule has 16 heavy (non-hydrogen) atoms. The molecule has 0 aromatic carbocycles. The lowest BCUT2D eigenvalue weighted by Gasteiger charge is -2.11. The largest absolute Gasteiger partial charge is 0.477 e. The van der Waals surface area contributed by atoms with Gasteiger partial charge in [-0.1, -0.05) is 32.4 Å². The quantitative estimate of drug-likeness (QED) is 0.742. The zero-order chi connectivity index (χ0) is 12.1. The zero-order valence-corrected chi connectivity index (χ0v) is 11.1. The SMILES string of the molecule is CCCc1nc(Cl)c(C)c(OCC(C)C)n1. The summed E-state index contributed by atoms with van der Waals surface area (Å²) in [7, 11) is 0. The number of halogens is 1. The number of aromatic nitrogens is 2. The molecule has 0 aliphatic carbocycles. The average molecular weight is 243 g/mol. The van der Waals surface area contributed by atoms with Crippen LogP contribution in [0.4, 0.5) is 0 Å². The Balaban J connectivity index is 2.88. The van der Waals surface area contributed by atoms with Crippen LogP contribution in [-0.4, -0.2) is 16.6 Å². The Morgan fingerprint density at radius 2 is 2.00 bits per heavy atom. The summed E-state index contributed by atoms with van der Waals surface area (Å²) in [6.07, 6.45) is 1.83. The highest BCUT2D eigenvalue weighted by Gasteiger charge is 2.10. The Bertz CT molecular complexity index is 353. The Morgan fingerprint density at radius 3 is 2.56 bits per heavy atom. The number of rotatable bonds is 5. The number of nitrogens with zero attached hydrogens (tertiary/aromatic N) is 2. The van der Waals surface area contributed by atoms with E-state index < -0.39 is 0 Å². The molecular weight excluding hydrogens is 224 g/mol. The van der Waals surface area contributed by atoms with Crippen LogP contribution in [0, 0.1) is 12.8 Å². The van der Waals surface area contributed by atoms with Crippen LogP contribution in [0.1, 0.15) is 38.6 Å². The normalized spacial score (nSPS) is 10.9. The number of hydrogen-bond donors (Lipinski definition) is 0. The van der Waals surface area contributed by atoms with Gasteiger partial charge in [-0.2, -0.15) is 4.98 Å². The van der Waals surface area contributed by atoms with Gasteiger partial charge in [-0.05, 0) is 19.3 Å². The first-order valence-corrected chi connectivity index (χ1v) is 6.08. The van der Waals surface area contributed by atoms with Gasteiger partial charge in [0.05, 0.1) is 6.61 Å². The van der Waals surface area contributed by atoms with E-state index in [1.807, 2.05) is 6.92 Å². The van der Waals surface area contributed by atoms with Crippen molar-refractivity contribution in [2.45, 2.75) is 40.5 Å². The summed E-state index contributed by atoms with van der Waals surface area (Å²) in [5.41, 5.74) is 0.821. The molecule has 90 valence electrons. The van der Waals surface area contributed by atoms with Gasteiger partial charge in [0.2, 0.25) is 5.88 Å². The third-order valence-corrected chi connectivity index (χ3v) is 2.48. The molecule has 0 amide bonds. The molecule has 0 aliphatic rings. The molecule has 0 radical (unpaired) electrons. The molecular formula is C12H19ClN2O. The van der Waals surface area contributed by atoms with Gasteiger partial charge < -0.3 is 4.74 Å². The fourth-order valence-corrected chi connectivity index (χ4v) is 1.41. The maximum Gasteiger partial charge on any atom is 0.221 e. The second-order valence-electron chi connectivity index (χ2n) is 4.32. The fourth-order valence-electron chi connectivity index (χ4n) is 1.23. The van der Waals surface area contributed by atoms with E-state index in [2.05, 4.69) is 30.7 Å². The molecule has 1 heterocycles. The van der Waals surface area contributed by atoms with Crippen LogP contribution in [0.2, 0.25) is 5.15 Å². The van der Waals surface area contributed by atoms with E-state index in [0.29, 0.717) is 23.6 Å². The van der Waals surface area contributed by atoms with Crippen molar-refractivity contribution in [3.63, 3.8) is 0 Å². The fraction of sp³-hybridized carbons (Fsp3) is 0.667. The van der Waals surface area contributed by atoms with Crippen molar-refractivity contribution in [2.75, 3.05) is 6.61 Å². The topological polar surface area (TPSA) is 35.0 Å². The van der Waals surface area contributed by atoms with E-state index in [9.17, 15) is 0 Å². The van der Waals surface area contributed by atoms with Crippen LogP contribution >= 0.6 is 11.6 Å². The second-order valence-corrected chi connectivity index (χ2v) is 4.67. The zero-order valence-electron chi connectivity index (χ0n) is 10.4. The Hall–Kier alpha value is -0.830. The molecule has 0 aliphatic heterocycles. The van der Waals surface area contributed by atoms with E-state index in [1.54, 1.807) is 0 Å².